The molecule has 2 aromatic heterocycles. The lowest BCUT2D eigenvalue weighted by molar-refractivity contribution is -0.137. The first-order valence-corrected chi connectivity index (χ1v) is 19.1. The standard InChI is InChI=1S/C50H33F6N3/c1-30-11-9-13-34(25-30)57(43-19-7-4-16-40(43)49(51,52)53)36-22-21-32-28-39-37-23-24-45(47-38-15-3-6-18-42(38)59(48(37)47)46(39)29-33(32)27-36)58(35-14-10-12-31(2)26-35)44-20-8-5-17-41(44)50(54,55)56/h3-29H,1-2H3. The van der Waals surface area contributed by atoms with E-state index in [0.717, 1.165) is 72.1 Å². The summed E-state index contributed by atoms with van der Waals surface area (Å²) in [4.78, 5) is 3.35. The quantitative estimate of drug-likeness (QED) is 0.155. The molecule has 59 heavy (non-hydrogen) atoms. The lowest BCUT2D eigenvalue weighted by Gasteiger charge is -2.29. The first-order chi connectivity index (χ1) is 28.4. The maximum Gasteiger partial charge on any atom is 0.418 e. The number of benzene rings is 8. The average Bonchev–Trinajstić information content (AvgIpc) is 3.72. The molecule has 0 bridgehead atoms. The summed E-state index contributed by atoms with van der Waals surface area (Å²) in [5, 5.41) is 5.23. The van der Waals surface area contributed by atoms with Gasteiger partial charge in [0.2, 0.25) is 0 Å². The van der Waals surface area contributed by atoms with Gasteiger partial charge in [-0.3, -0.25) is 0 Å². The zero-order valence-electron chi connectivity index (χ0n) is 31.7. The maximum atomic E-state index is 14.8. The Hall–Kier alpha value is -7.00. The normalized spacial score (nSPS) is 12.4. The molecule has 0 unspecified atom stereocenters. The zero-order valence-corrected chi connectivity index (χ0v) is 31.7. The molecule has 10 rings (SSSR count). The van der Waals surface area contributed by atoms with Crippen molar-refractivity contribution in [1.82, 2.24) is 4.40 Å². The van der Waals surface area contributed by atoms with Crippen molar-refractivity contribution in [3.63, 3.8) is 0 Å². The van der Waals surface area contributed by atoms with Crippen LogP contribution in [0, 0.1) is 13.8 Å². The molecular weight excluding hydrogens is 757 g/mol. The van der Waals surface area contributed by atoms with E-state index in [1.54, 1.807) is 28.0 Å². The second-order valence-electron chi connectivity index (χ2n) is 15.0. The van der Waals surface area contributed by atoms with Crippen LogP contribution >= 0.6 is 0 Å². The summed E-state index contributed by atoms with van der Waals surface area (Å²) in [5.74, 6) is 0. The molecule has 0 radical (unpaired) electrons. The molecular formula is C50H33F6N3. The minimum Gasteiger partial charge on any atom is -0.310 e. The number of aromatic nitrogens is 1. The Kier molecular flexibility index (Phi) is 8.18. The summed E-state index contributed by atoms with van der Waals surface area (Å²) >= 11 is 0. The van der Waals surface area contributed by atoms with Gasteiger partial charge >= 0.3 is 12.4 Å². The summed E-state index contributed by atoms with van der Waals surface area (Å²) in [5.41, 5.74) is 5.25. The highest BCUT2D eigenvalue weighted by Gasteiger charge is 2.37. The van der Waals surface area contributed by atoms with Crippen LogP contribution in [0.25, 0.3) is 48.9 Å². The minimum atomic E-state index is -4.61. The first-order valence-electron chi connectivity index (χ1n) is 19.1. The maximum absolute atomic E-state index is 14.8. The SMILES string of the molecule is Cc1cccc(N(c2ccc3cc4c5ccc(N(c6cccc(C)c6)c6ccccc6C(F)(F)F)c6c7ccccc7n(c4cc3c2)c56)c2ccccc2C(F)(F)F)c1. The number of para-hydroxylation sites is 3. The largest absolute Gasteiger partial charge is 0.418 e. The fourth-order valence-electron chi connectivity index (χ4n) is 8.73. The Morgan fingerprint density at radius 1 is 0.407 bits per heavy atom. The molecule has 0 amide bonds. The molecule has 2 heterocycles. The molecule has 0 atom stereocenters. The lowest BCUT2D eigenvalue weighted by atomic mass is 10.0. The summed E-state index contributed by atoms with van der Waals surface area (Å²) in [6.45, 7) is 3.82. The molecule has 8 aromatic carbocycles. The van der Waals surface area contributed by atoms with Gasteiger partial charge in [-0.25, -0.2) is 0 Å². The van der Waals surface area contributed by atoms with Crippen LogP contribution in [-0.2, 0) is 12.4 Å². The highest BCUT2D eigenvalue weighted by Crippen LogP contribution is 2.50. The monoisotopic (exact) mass is 789 g/mol. The molecule has 0 fully saturated rings. The number of nitrogens with zero attached hydrogens (tertiary/aromatic N) is 3. The average molecular weight is 790 g/mol. The van der Waals surface area contributed by atoms with Crippen molar-refractivity contribution in [2.75, 3.05) is 9.80 Å². The summed E-state index contributed by atoms with van der Waals surface area (Å²) in [6, 6.07) is 47.7. The van der Waals surface area contributed by atoms with E-state index in [1.807, 2.05) is 111 Å². The van der Waals surface area contributed by atoms with E-state index in [2.05, 4.69) is 16.5 Å². The Morgan fingerprint density at radius 2 is 0.983 bits per heavy atom. The van der Waals surface area contributed by atoms with Gasteiger partial charge in [0.05, 0.1) is 44.7 Å². The molecule has 0 saturated heterocycles. The van der Waals surface area contributed by atoms with Crippen LogP contribution in [0.1, 0.15) is 22.3 Å². The van der Waals surface area contributed by atoms with Crippen molar-refractivity contribution in [1.29, 1.82) is 0 Å². The molecule has 290 valence electrons. The van der Waals surface area contributed by atoms with Crippen LogP contribution in [0.4, 0.5) is 60.5 Å². The second-order valence-corrected chi connectivity index (χ2v) is 15.0. The van der Waals surface area contributed by atoms with E-state index < -0.39 is 23.5 Å². The van der Waals surface area contributed by atoms with E-state index in [0.29, 0.717) is 22.7 Å². The van der Waals surface area contributed by atoms with Crippen molar-refractivity contribution in [3.05, 3.63) is 186 Å². The van der Waals surface area contributed by atoms with Crippen molar-refractivity contribution in [2.24, 2.45) is 0 Å². The van der Waals surface area contributed by atoms with Gasteiger partial charge in [-0.15, -0.1) is 0 Å². The van der Waals surface area contributed by atoms with Crippen molar-refractivity contribution in [3.8, 4) is 0 Å². The van der Waals surface area contributed by atoms with E-state index >= 15 is 0 Å². The highest BCUT2D eigenvalue weighted by molar-refractivity contribution is 6.28. The van der Waals surface area contributed by atoms with Gasteiger partial charge in [0.15, 0.2) is 0 Å². The number of anilines is 6. The van der Waals surface area contributed by atoms with Gasteiger partial charge in [0, 0.05) is 38.6 Å². The van der Waals surface area contributed by atoms with E-state index in [1.165, 1.54) is 24.3 Å². The van der Waals surface area contributed by atoms with E-state index in [4.69, 9.17) is 0 Å². The molecule has 3 nitrogen and oxygen atoms in total. The van der Waals surface area contributed by atoms with E-state index in [9.17, 15) is 26.3 Å². The predicted octanol–water partition coefficient (Wildman–Crippen LogP) is 15.6. The topological polar surface area (TPSA) is 10.9 Å². The smallest absolute Gasteiger partial charge is 0.310 e. The first kappa shape index (κ1) is 36.3. The summed E-state index contributed by atoms with van der Waals surface area (Å²) in [7, 11) is 0. The Balaban J connectivity index is 1.25. The fourth-order valence-corrected chi connectivity index (χ4v) is 8.73. The molecule has 0 aliphatic carbocycles. The molecule has 0 spiro atoms. The van der Waals surface area contributed by atoms with Crippen LogP contribution < -0.4 is 9.80 Å². The summed E-state index contributed by atoms with van der Waals surface area (Å²) in [6.07, 6.45) is -9.20. The molecule has 10 aromatic rings. The van der Waals surface area contributed by atoms with Gasteiger partial charge in [-0.2, -0.15) is 26.3 Å². The second kappa shape index (κ2) is 13.3. The van der Waals surface area contributed by atoms with Crippen LogP contribution in [0.15, 0.2) is 164 Å². The predicted molar refractivity (Wildman–Crippen MR) is 227 cm³/mol. The molecule has 9 heteroatoms. The van der Waals surface area contributed by atoms with Gasteiger partial charge < -0.3 is 14.2 Å². The Morgan fingerprint density at radius 3 is 1.63 bits per heavy atom. The molecule has 0 aliphatic rings. The number of alkyl halides is 6. The van der Waals surface area contributed by atoms with Gasteiger partial charge in [0.25, 0.3) is 0 Å². The number of halogens is 6. The van der Waals surface area contributed by atoms with Crippen LogP contribution in [0.5, 0.6) is 0 Å². The number of hydrogen-bond acceptors (Lipinski definition) is 2. The highest BCUT2D eigenvalue weighted by atomic mass is 19.4. The van der Waals surface area contributed by atoms with Crippen molar-refractivity contribution in [2.45, 2.75) is 26.2 Å². The lowest BCUT2D eigenvalue weighted by Crippen LogP contribution is -2.17. The Bertz CT molecular complexity index is 3250. The zero-order chi connectivity index (χ0) is 40.8. The summed E-state index contributed by atoms with van der Waals surface area (Å²) < 4.78 is 90.0. The van der Waals surface area contributed by atoms with Crippen molar-refractivity contribution >= 4 is 83.0 Å². The number of aryl methyl sites for hydroxylation is 2. The van der Waals surface area contributed by atoms with Gasteiger partial charge in [0.1, 0.15) is 0 Å². The number of fused-ring (bicyclic) bond motifs is 7. The van der Waals surface area contributed by atoms with Crippen LogP contribution in [0.3, 0.4) is 0 Å². The minimum absolute atomic E-state index is 0.00872. The van der Waals surface area contributed by atoms with Crippen molar-refractivity contribution < 1.29 is 26.3 Å². The number of hydrogen-bond donors (Lipinski definition) is 0. The third-order valence-corrected chi connectivity index (χ3v) is 11.2. The molecule has 0 aliphatic heterocycles. The fraction of sp³-hybridized carbons (Fsp3) is 0.0800. The number of rotatable bonds is 6. The van der Waals surface area contributed by atoms with Gasteiger partial charge in [-0.05, 0) is 121 Å². The molecule has 0 N–H and O–H groups in total. The van der Waals surface area contributed by atoms with Crippen LogP contribution in [0.2, 0.25) is 0 Å². The van der Waals surface area contributed by atoms with Crippen LogP contribution in [-0.4, -0.2) is 4.40 Å². The molecule has 0 saturated carbocycles. The van der Waals surface area contributed by atoms with Gasteiger partial charge in [-0.1, -0.05) is 78.9 Å². The third kappa shape index (κ3) is 5.91. The third-order valence-electron chi connectivity index (χ3n) is 11.2. The Labute approximate surface area is 334 Å². The van der Waals surface area contributed by atoms with E-state index in [-0.39, 0.29) is 11.4 Å².